The molecule has 2 aromatic carbocycles. The second kappa shape index (κ2) is 7.68. The highest BCUT2D eigenvalue weighted by molar-refractivity contribution is 7.21. The zero-order valence-corrected chi connectivity index (χ0v) is 15.4. The number of amides is 1. The number of hydrazone groups is 1. The number of aryl methyl sites for hydroxylation is 1. The van der Waals surface area contributed by atoms with Gasteiger partial charge >= 0.3 is 0 Å². The lowest BCUT2D eigenvalue weighted by molar-refractivity contribution is 0.0959. The number of thiophene rings is 1. The lowest BCUT2D eigenvalue weighted by Crippen LogP contribution is -2.16. The Bertz CT molecular complexity index is 950. The quantitative estimate of drug-likeness (QED) is 0.504. The SMILES string of the molecule is CCOc1ccccc1C=NNC(=O)c1sc2cc(C)ccc2c1Cl. The third-order valence-corrected chi connectivity index (χ3v) is 5.24. The predicted molar refractivity (Wildman–Crippen MR) is 104 cm³/mol. The van der Waals surface area contributed by atoms with E-state index < -0.39 is 0 Å². The smallest absolute Gasteiger partial charge is 0.283 e. The van der Waals surface area contributed by atoms with Crippen LogP contribution < -0.4 is 10.2 Å². The molecule has 1 N–H and O–H groups in total. The lowest BCUT2D eigenvalue weighted by atomic mass is 10.2. The van der Waals surface area contributed by atoms with Crippen LogP contribution in [-0.2, 0) is 0 Å². The maximum Gasteiger partial charge on any atom is 0.283 e. The average Bonchev–Trinajstić information content (AvgIpc) is 2.92. The van der Waals surface area contributed by atoms with E-state index in [1.54, 1.807) is 6.21 Å². The van der Waals surface area contributed by atoms with Crippen molar-refractivity contribution in [2.45, 2.75) is 13.8 Å². The van der Waals surface area contributed by atoms with Gasteiger partial charge in [-0.2, -0.15) is 5.10 Å². The van der Waals surface area contributed by atoms with Crippen molar-refractivity contribution in [3.8, 4) is 5.75 Å². The highest BCUT2D eigenvalue weighted by Crippen LogP contribution is 2.35. The second-order valence-electron chi connectivity index (χ2n) is 5.41. The summed E-state index contributed by atoms with van der Waals surface area (Å²) in [4.78, 5) is 12.8. The van der Waals surface area contributed by atoms with Crippen LogP contribution in [0.5, 0.6) is 5.75 Å². The molecule has 0 aliphatic rings. The fourth-order valence-electron chi connectivity index (χ4n) is 2.40. The van der Waals surface area contributed by atoms with Gasteiger partial charge in [-0.05, 0) is 37.6 Å². The normalized spacial score (nSPS) is 11.2. The van der Waals surface area contributed by atoms with E-state index in [4.69, 9.17) is 16.3 Å². The Labute approximate surface area is 155 Å². The van der Waals surface area contributed by atoms with Crippen molar-refractivity contribution < 1.29 is 9.53 Å². The molecule has 1 aromatic heterocycles. The molecule has 0 saturated carbocycles. The molecule has 3 rings (SSSR count). The first-order valence-electron chi connectivity index (χ1n) is 7.84. The molecule has 25 heavy (non-hydrogen) atoms. The number of para-hydroxylation sites is 1. The molecule has 0 unspecified atom stereocenters. The van der Waals surface area contributed by atoms with E-state index in [2.05, 4.69) is 10.5 Å². The van der Waals surface area contributed by atoms with Crippen LogP contribution in [0, 0.1) is 6.92 Å². The van der Waals surface area contributed by atoms with Gasteiger partial charge in [-0.1, -0.05) is 35.9 Å². The summed E-state index contributed by atoms with van der Waals surface area (Å²) < 4.78 is 6.51. The number of nitrogens with one attached hydrogen (secondary N) is 1. The van der Waals surface area contributed by atoms with Crippen molar-refractivity contribution in [2.75, 3.05) is 6.61 Å². The monoisotopic (exact) mass is 372 g/mol. The molecule has 0 radical (unpaired) electrons. The molecule has 0 bridgehead atoms. The van der Waals surface area contributed by atoms with Gasteiger partial charge in [-0.3, -0.25) is 4.79 Å². The molecule has 128 valence electrons. The first-order chi connectivity index (χ1) is 12.1. The number of benzene rings is 2. The molecule has 0 aliphatic heterocycles. The summed E-state index contributed by atoms with van der Waals surface area (Å²) >= 11 is 7.71. The number of fused-ring (bicyclic) bond motifs is 1. The van der Waals surface area contributed by atoms with Crippen LogP contribution in [0.3, 0.4) is 0 Å². The molecule has 0 saturated heterocycles. The molecule has 0 fully saturated rings. The van der Waals surface area contributed by atoms with Crippen LogP contribution in [0.2, 0.25) is 5.02 Å². The number of carbonyl (C=O) groups is 1. The third kappa shape index (κ3) is 3.83. The van der Waals surface area contributed by atoms with Crippen LogP contribution in [0.4, 0.5) is 0 Å². The van der Waals surface area contributed by atoms with Crippen LogP contribution in [0.25, 0.3) is 10.1 Å². The zero-order valence-electron chi connectivity index (χ0n) is 13.9. The molecule has 1 amide bonds. The highest BCUT2D eigenvalue weighted by atomic mass is 35.5. The van der Waals surface area contributed by atoms with Crippen molar-refractivity contribution in [2.24, 2.45) is 5.10 Å². The fraction of sp³-hybridized carbons (Fsp3) is 0.158. The van der Waals surface area contributed by atoms with Crippen LogP contribution in [0.1, 0.15) is 27.7 Å². The number of nitrogens with zero attached hydrogens (tertiary/aromatic N) is 1. The van der Waals surface area contributed by atoms with E-state index in [0.717, 1.165) is 27.0 Å². The lowest BCUT2D eigenvalue weighted by Gasteiger charge is -2.05. The molecular weight excluding hydrogens is 356 g/mol. The van der Waals surface area contributed by atoms with Gasteiger partial charge in [0.2, 0.25) is 0 Å². The van der Waals surface area contributed by atoms with Gasteiger partial charge in [-0.15, -0.1) is 11.3 Å². The number of hydrogen-bond donors (Lipinski definition) is 1. The summed E-state index contributed by atoms with van der Waals surface area (Å²) in [6.07, 6.45) is 1.56. The third-order valence-electron chi connectivity index (χ3n) is 3.58. The fourth-order valence-corrected chi connectivity index (χ4v) is 3.91. The van der Waals surface area contributed by atoms with E-state index in [9.17, 15) is 4.79 Å². The average molecular weight is 373 g/mol. The van der Waals surface area contributed by atoms with E-state index in [-0.39, 0.29) is 5.91 Å². The standard InChI is InChI=1S/C19H17ClN2O2S/c1-3-24-15-7-5-4-6-13(15)11-21-22-19(23)18-17(20)14-9-8-12(2)10-16(14)25-18/h4-11H,3H2,1-2H3,(H,22,23). The van der Waals surface area contributed by atoms with Crippen molar-refractivity contribution >= 4 is 45.1 Å². The number of hydrogen-bond acceptors (Lipinski definition) is 4. The molecule has 3 aromatic rings. The molecule has 1 heterocycles. The molecule has 0 aliphatic carbocycles. The summed E-state index contributed by atoms with van der Waals surface area (Å²) in [6, 6.07) is 13.4. The second-order valence-corrected chi connectivity index (χ2v) is 6.84. The van der Waals surface area contributed by atoms with Gasteiger partial charge in [0.15, 0.2) is 0 Å². The maximum absolute atomic E-state index is 12.4. The molecule has 0 spiro atoms. The highest BCUT2D eigenvalue weighted by Gasteiger charge is 2.16. The summed E-state index contributed by atoms with van der Waals surface area (Å²) in [6.45, 7) is 4.49. The Balaban J connectivity index is 1.78. The van der Waals surface area contributed by atoms with Crippen LogP contribution in [0.15, 0.2) is 47.6 Å². The molecule has 6 heteroatoms. The van der Waals surface area contributed by atoms with Crippen molar-refractivity contribution in [3.05, 3.63) is 63.5 Å². The van der Waals surface area contributed by atoms with Gasteiger partial charge in [-0.25, -0.2) is 5.43 Å². The topological polar surface area (TPSA) is 50.7 Å². The van der Waals surface area contributed by atoms with Crippen molar-refractivity contribution in [1.29, 1.82) is 0 Å². The van der Waals surface area contributed by atoms with Gasteiger partial charge in [0.05, 0.1) is 17.8 Å². The Morgan fingerprint density at radius 1 is 1.32 bits per heavy atom. The van der Waals surface area contributed by atoms with E-state index in [1.807, 2.05) is 56.3 Å². The minimum Gasteiger partial charge on any atom is -0.493 e. The number of carbonyl (C=O) groups excluding carboxylic acids is 1. The zero-order chi connectivity index (χ0) is 17.8. The minimum atomic E-state index is -0.325. The molecule has 0 atom stereocenters. The largest absolute Gasteiger partial charge is 0.493 e. The number of ether oxygens (including phenoxy) is 1. The number of rotatable bonds is 5. The van der Waals surface area contributed by atoms with Crippen molar-refractivity contribution in [1.82, 2.24) is 5.43 Å². The predicted octanol–water partition coefficient (Wildman–Crippen LogP) is 5.03. The Morgan fingerprint density at radius 3 is 2.92 bits per heavy atom. The van der Waals surface area contributed by atoms with E-state index in [1.165, 1.54) is 11.3 Å². The summed E-state index contributed by atoms with van der Waals surface area (Å²) in [7, 11) is 0. The summed E-state index contributed by atoms with van der Waals surface area (Å²) in [5.74, 6) is 0.396. The first kappa shape index (κ1) is 17.5. The van der Waals surface area contributed by atoms with E-state index in [0.29, 0.717) is 16.5 Å². The molecule has 4 nitrogen and oxygen atoms in total. The number of halogens is 1. The maximum atomic E-state index is 12.4. The first-order valence-corrected chi connectivity index (χ1v) is 9.03. The Morgan fingerprint density at radius 2 is 2.12 bits per heavy atom. The minimum absolute atomic E-state index is 0.325. The van der Waals surface area contributed by atoms with Crippen LogP contribution >= 0.6 is 22.9 Å². The van der Waals surface area contributed by atoms with Gasteiger partial charge < -0.3 is 4.74 Å². The Kier molecular flexibility index (Phi) is 5.36. The summed E-state index contributed by atoms with van der Waals surface area (Å²) in [5, 5.41) is 5.38. The Hall–Kier alpha value is -2.37. The molecular formula is C19H17ClN2O2S. The van der Waals surface area contributed by atoms with Gasteiger partial charge in [0, 0.05) is 15.6 Å². The van der Waals surface area contributed by atoms with Gasteiger partial charge in [0.1, 0.15) is 10.6 Å². The summed E-state index contributed by atoms with van der Waals surface area (Å²) in [5.41, 5.74) is 4.46. The van der Waals surface area contributed by atoms with Crippen molar-refractivity contribution in [3.63, 3.8) is 0 Å². The van der Waals surface area contributed by atoms with Crippen LogP contribution in [-0.4, -0.2) is 18.7 Å². The van der Waals surface area contributed by atoms with Gasteiger partial charge in [0.25, 0.3) is 5.91 Å². The van der Waals surface area contributed by atoms with E-state index >= 15 is 0 Å².